The lowest BCUT2D eigenvalue weighted by Gasteiger charge is -2.24. The topological polar surface area (TPSA) is 36.4 Å². The van der Waals surface area contributed by atoms with E-state index < -0.39 is 0 Å². The van der Waals surface area contributed by atoms with Gasteiger partial charge in [-0.2, -0.15) is 0 Å². The first-order valence-electron chi connectivity index (χ1n) is 7.57. The summed E-state index contributed by atoms with van der Waals surface area (Å²) in [6.07, 6.45) is 0.508. The summed E-state index contributed by atoms with van der Waals surface area (Å²) in [5.74, 6) is 0.140. The fraction of sp³-hybridized carbons (Fsp3) is 0.500. The van der Waals surface area contributed by atoms with Crippen LogP contribution >= 0.6 is 23.7 Å². The van der Waals surface area contributed by atoms with Crippen molar-refractivity contribution in [3.05, 3.63) is 24.3 Å². The first-order valence-corrected chi connectivity index (χ1v) is 8.39. The van der Waals surface area contributed by atoms with Gasteiger partial charge in [0, 0.05) is 19.5 Å². The van der Waals surface area contributed by atoms with E-state index in [1.54, 1.807) is 11.3 Å². The third-order valence-electron chi connectivity index (χ3n) is 3.65. The molecule has 4 nitrogen and oxygen atoms in total. The highest BCUT2D eigenvalue weighted by Crippen LogP contribution is 2.28. The Hall–Kier alpha value is -1.17. The molecule has 0 fully saturated rings. The van der Waals surface area contributed by atoms with Crippen LogP contribution in [0.1, 0.15) is 27.2 Å². The van der Waals surface area contributed by atoms with Crippen LogP contribution in [0, 0.1) is 0 Å². The van der Waals surface area contributed by atoms with Crippen LogP contribution in [0.15, 0.2) is 24.3 Å². The van der Waals surface area contributed by atoms with Crippen molar-refractivity contribution in [2.24, 2.45) is 0 Å². The summed E-state index contributed by atoms with van der Waals surface area (Å²) in [4.78, 5) is 21.0. The maximum Gasteiger partial charge on any atom is 0.228 e. The summed E-state index contributed by atoms with van der Waals surface area (Å²) in [6, 6.07) is 8.03. The van der Waals surface area contributed by atoms with Crippen molar-refractivity contribution >= 4 is 45.0 Å². The van der Waals surface area contributed by atoms with Crippen LogP contribution in [-0.2, 0) is 4.79 Å². The quantitative estimate of drug-likeness (QED) is 0.768. The fourth-order valence-corrected chi connectivity index (χ4v) is 3.28. The van der Waals surface area contributed by atoms with E-state index >= 15 is 0 Å². The van der Waals surface area contributed by atoms with Gasteiger partial charge in [0.1, 0.15) is 0 Å². The molecule has 2 rings (SSSR count). The number of rotatable bonds is 7. The van der Waals surface area contributed by atoms with Gasteiger partial charge in [-0.25, -0.2) is 4.98 Å². The van der Waals surface area contributed by atoms with Crippen molar-refractivity contribution in [3.63, 3.8) is 0 Å². The summed E-state index contributed by atoms with van der Waals surface area (Å²) in [6.45, 7) is 9.79. The van der Waals surface area contributed by atoms with E-state index in [-0.39, 0.29) is 18.3 Å². The van der Waals surface area contributed by atoms with Crippen LogP contribution in [0.4, 0.5) is 5.13 Å². The van der Waals surface area contributed by atoms with Crippen molar-refractivity contribution in [2.75, 3.05) is 31.1 Å². The number of carbonyl (C=O) groups excluding carboxylic acids is 1. The number of anilines is 1. The van der Waals surface area contributed by atoms with Gasteiger partial charge in [-0.05, 0) is 25.2 Å². The summed E-state index contributed by atoms with van der Waals surface area (Å²) in [5, 5.41) is 0.815. The van der Waals surface area contributed by atoms with E-state index in [4.69, 9.17) is 0 Å². The molecule has 1 heterocycles. The number of para-hydroxylation sites is 1. The van der Waals surface area contributed by atoms with Gasteiger partial charge in [0.2, 0.25) is 5.91 Å². The van der Waals surface area contributed by atoms with Crippen LogP contribution in [0.5, 0.6) is 0 Å². The average molecular weight is 342 g/mol. The van der Waals surface area contributed by atoms with Crippen molar-refractivity contribution in [1.82, 2.24) is 9.88 Å². The average Bonchev–Trinajstić information content (AvgIpc) is 2.94. The van der Waals surface area contributed by atoms with Crippen molar-refractivity contribution in [3.8, 4) is 0 Å². The zero-order valence-electron chi connectivity index (χ0n) is 13.4. The minimum Gasteiger partial charge on any atom is -0.302 e. The number of carbonyl (C=O) groups is 1. The molecule has 0 N–H and O–H groups in total. The molecule has 1 aromatic heterocycles. The summed E-state index contributed by atoms with van der Waals surface area (Å²) < 4.78 is 1.13. The number of fused-ring (bicyclic) bond motifs is 1. The molecular weight excluding hydrogens is 318 g/mol. The maximum absolute atomic E-state index is 12.3. The molecule has 0 saturated heterocycles. The number of nitrogens with zero attached hydrogens (tertiary/aromatic N) is 3. The largest absolute Gasteiger partial charge is 0.302 e. The Bertz CT molecular complexity index is 565. The monoisotopic (exact) mass is 341 g/mol. The molecule has 0 bridgehead atoms. The molecule has 122 valence electrons. The normalized spacial score (nSPS) is 10.7. The molecular formula is C16H24ClN3OS. The molecule has 2 aromatic rings. The van der Waals surface area contributed by atoms with Gasteiger partial charge in [-0.3, -0.25) is 9.69 Å². The minimum absolute atomic E-state index is 0. The van der Waals surface area contributed by atoms with E-state index in [0.29, 0.717) is 13.0 Å². The first kappa shape index (κ1) is 18.9. The third-order valence-corrected chi connectivity index (χ3v) is 4.71. The second-order valence-electron chi connectivity index (χ2n) is 4.89. The van der Waals surface area contributed by atoms with Crippen LogP contribution in [0.2, 0.25) is 0 Å². The van der Waals surface area contributed by atoms with Crippen molar-refractivity contribution in [2.45, 2.75) is 27.2 Å². The van der Waals surface area contributed by atoms with E-state index in [9.17, 15) is 4.79 Å². The van der Waals surface area contributed by atoms with E-state index in [1.807, 2.05) is 30.0 Å². The van der Waals surface area contributed by atoms with Gasteiger partial charge < -0.3 is 4.90 Å². The predicted molar refractivity (Wildman–Crippen MR) is 97.3 cm³/mol. The Morgan fingerprint density at radius 1 is 1.14 bits per heavy atom. The predicted octanol–water partition coefficient (Wildman–Crippen LogP) is 3.80. The van der Waals surface area contributed by atoms with Gasteiger partial charge in [-0.15, -0.1) is 12.4 Å². The summed E-state index contributed by atoms with van der Waals surface area (Å²) in [5.41, 5.74) is 0.967. The highest BCUT2D eigenvalue weighted by atomic mass is 35.5. The Morgan fingerprint density at radius 3 is 2.41 bits per heavy atom. The number of amides is 1. The van der Waals surface area contributed by atoms with E-state index in [2.05, 4.69) is 29.8 Å². The lowest BCUT2D eigenvalue weighted by atomic mass is 10.3. The number of aromatic nitrogens is 1. The zero-order valence-corrected chi connectivity index (χ0v) is 15.0. The zero-order chi connectivity index (χ0) is 15.2. The number of benzene rings is 1. The Morgan fingerprint density at radius 2 is 1.82 bits per heavy atom. The van der Waals surface area contributed by atoms with Crippen LogP contribution in [-0.4, -0.2) is 42.0 Å². The summed E-state index contributed by atoms with van der Waals surface area (Å²) >= 11 is 1.59. The molecule has 0 atom stereocenters. The molecule has 0 spiro atoms. The molecule has 0 unspecified atom stereocenters. The van der Waals surface area contributed by atoms with Gasteiger partial charge >= 0.3 is 0 Å². The number of hydrogen-bond donors (Lipinski definition) is 0. The maximum atomic E-state index is 12.3. The second kappa shape index (κ2) is 9.08. The lowest BCUT2D eigenvalue weighted by molar-refractivity contribution is -0.118. The van der Waals surface area contributed by atoms with Crippen LogP contribution < -0.4 is 4.90 Å². The number of halogens is 1. The molecule has 22 heavy (non-hydrogen) atoms. The summed E-state index contributed by atoms with van der Waals surface area (Å²) in [7, 11) is 0. The van der Waals surface area contributed by atoms with Gasteiger partial charge in [0.15, 0.2) is 5.13 Å². The smallest absolute Gasteiger partial charge is 0.228 e. The number of hydrogen-bond acceptors (Lipinski definition) is 4. The fourth-order valence-electron chi connectivity index (χ4n) is 2.27. The lowest BCUT2D eigenvalue weighted by Crippen LogP contribution is -2.38. The van der Waals surface area contributed by atoms with Gasteiger partial charge in [-0.1, -0.05) is 44.2 Å². The third kappa shape index (κ3) is 4.41. The van der Waals surface area contributed by atoms with Crippen molar-refractivity contribution < 1.29 is 4.79 Å². The molecule has 0 saturated carbocycles. The molecule has 0 aliphatic rings. The molecule has 0 aliphatic carbocycles. The first-order chi connectivity index (χ1) is 10.2. The molecule has 1 aromatic carbocycles. The molecule has 6 heteroatoms. The van der Waals surface area contributed by atoms with E-state index in [0.717, 1.165) is 35.0 Å². The standard InChI is InChI=1S/C16H23N3OS.ClH/c1-4-15(20)19(12-11-18(5-2)6-3)16-17-13-9-7-8-10-14(13)21-16;/h7-10H,4-6,11-12H2,1-3H3;1H. The Balaban J connectivity index is 0.00000242. The van der Waals surface area contributed by atoms with Gasteiger partial charge in [0.25, 0.3) is 0 Å². The molecule has 0 aliphatic heterocycles. The van der Waals surface area contributed by atoms with E-state index in [1.165, 1.54) is 0 Å². The SMILES string of the molecule is CCC(=O)N(CCN(CC)CC)c1nc2ccccc2s1.Cl. The Labute approximate surface area is 142 Å². The molecule has 1 amide bonds. The second-order valence-corrected chi connectivity index (χ2v) is 5.90. The number of likely N-dealkylation sites (N-methyl/N-ethyl adjacent to an activating group) is 1. The van der Waals surface area contributed by atoms with Crippen molar-refractivity contribution in [1.29, 1.82) is 0 Å². The highest BCUT2D eigenvalue weighted by Gasteiger charge is 2.18. The molecule has 0 radical (unpaired) electrons. The number of thiazole rings is 1. The van der Waals surface area contributed by atoms with Crippen LogP contribution in [0.3, 0.4) is 0 Å². The van der Waals surface area contributed by atoms with Gasteiger partial charge in [0.05, 0.1) is 10.2 Å². The highest BCUT2D eigenvalue weighted by molar-refractivity contribution is 7.22. The van der Waals surface area contributed by atoms with Crippen LogP contribution in [0.25, 0.3) is 10.2 Å². The minimum atomic E-state index is 0. The Kier molecular flexibility index (Phi) is 7.79.